The summed E-state index contributed by atoms with van der Waals surface area (Å²) in [7, 11) is 1.26. The van der Waals surface area contributed by atoms with Crippen molar-refractivity contribution in [2.75, 3.05) is 7.11 Å². The molecule has 0 unspecified atom stereocenters. The third kappa shape index (κ3) is 1.61. The Hall–Kier alpha value is -1.43. The summed E-state index contributed by atoms with van der Waals surface area (Å²) < 4.78 is 18.0. The second-order valence-electron chi connectivity index (χ2n) is 2.87. The molecule has 0 aliphatic rings. The van der Waals surface area contributed by atoms with Gasteiger partial charge < -0.3 is 4.74 Å². The van der Waals surface area contributed by atoms with Crippen molar-refractivity contribution in [1.29, 1.82) is 0 Å². The van der Waals surface area contributed by atoms with Crippen LogP contribution in [0.3, 0.4) is 0 Å². The molecule has 0 radical (unpaired) electrons. The van der Waals surface area contributed by atoms with Gasteiger partial charge in [-0.2, -0.15) is 5.10 Å². The lowest BCUT2D eigenvalue weighted by molar-refractivity contribution is 0.0596. The number of benzene rings is 1. The highest BCUT2D eigenvalue weighted by molar-refractivity contribution is 9.10. The topological polar surface area (TPSA) is 55.0 Å². The number of methoxy groups -OCH3 is 1. The zero-order valence-electron chi connectivity index (χ0n) is 7.67. The van der Waals surface area contributed by atoms with Crippen LogP contribution in [-0.2, 0) is 4.74 Å². The number of rotatable bonds is 1. The van der Waals surface area contributed by atoms with Gasteiger partial charge in [-0.15, -0.1) is 0 Å². The Bertz CT molecular complexity index is 538. The fourth-order valence-corrected chi connectivity index (χ4v) is 1.94. The van der Waals surface area contributed by atoms with Gasteiger partial charge in [0.05, 0.1) is 12.6 Å². The standard InChI is InChI=1S/C9H6BrFN2O2/c1-15-9(14)8-7-5(10)2-4(11)3-6(7)12-13-8/h2-3H,1H3,(H,12,13). The molecule has 0 fully saturated rings. The number of aromatic amines is 1. The van der Waals surface area contributed by atoms with Crippen LogP contribution in [0.2, 0.25) is 0 Å². The summed E-state index contributed by atoms with van der Waals surface area (Å²) in [5.41, 5.74) is 0.585. The van der Waals surface area contributed by atoms with Gasteiger partial charge in [-0.3, -0.25) is 5.10 Å². The number of nitrogens with zero attached hydrogens (tertiary/aromatic N) is 1. The average Bonchev–Trinajstić information content (AvgIpc) is 2.60. The van der Waals surface area contributed by atoms with Crippen LogP contribution < -0.4 is 0 Å². The first kappa shape index (κ1) is 10.1. The van der Waals surface area contributed by atoms with E-state index in [0.717, 1.165) is 0 Å². The first-order chi connectivity index (χ1) is 7.13. The summed E-state index contributed by atoms with van der Waals surface area (Å²) in [6, 6.07) is 2.53. The predicted molar refractivity (Wildman–Crippen MR) is 55.1 cm³/mol. The second kappa shape index (κ2) is 3.62. The fraction of sp³-hybridized carbons (Fsp3) is 0.111. The summed E-state index contributed by atoms with van der Waals surface area (Å²) >= 11 is 3.17. The molecule has 0 amide bonds. The van der Waals surface area contributed by atoms with Crippen molar-refractivity contribution >= 4 is 32.8 Å². The van der Waals surface area contributed by atoms with E-state index in [1.54, 1.807) is 0 Å². The number of nitrogens with one attached hydrogen (secondary N) is 1. The van der Waals surface area contributed by atoms with Gasteiger partial charge in [0.1, 0.15) is 5.82 Å². The monoisotopic (exact) mass is 272 g/mol. The molecule has 0 spiro atoms. The van der Waals surface area contributed by atoms with Gasteiger partial charge in [-0.05, 0) is 28.1 Å². The second-order valence-corrected chi connectivity index (χ2v) is 3.73. The molecule has 78 valence electrons. The predicted octanol–water partition coefficient (Wildman–Crippen LogP) is 2.25. The van der Waals surface area contributed by atoms with E-state index in [2.05, 4.69) is 30.9 Å². The molecule has 6 heteroatoms. The van der Waals surface area contributed by atoms with E-state index in [-0.39, 0.29) is 5.69 Å². The minimum atomic E-state index is -0.562. The molecule has 1 aromatic carbocycles. The van der Waals surface area contributed by atoms with Gasteiger partial charge in [0.25, 0.3) is 0 Å². The molecule has 2 rings (SSSR count). The van der Waals surface area contributed by atoms with Crippen molar-refractivity contribution in [3.8, 4) is 0 Å². The summed E-state index contributed by atoms with van der Waals surface area (Å²) in [5, 5.41) is 6.85. The highest BCUT2D eigenvalue weighted by atomic mass is 79.9. The van der Waals surface area contributed by atoms with Crippen LogP contribution in [0.4, 0.5) is 4.39 Å². The number of carbonyl (C=O) groups is 1. The van der Waals surface area contributed by atoms with Gasteiger partial charge in [-0.25, -0.2) is 9.18 Å². The smallest absolute Gasteiger partial charge is 0.359 e. The number of ether oxygens (including phenoxy) is 1. The van der Waals surface area contributed by atoms with Crippen molar-refractivity contribution in [1.82, 2.24) is 10.2 Å². The van der Waals surface area contributed by atoms with E-state index in [0.29, 0.717) is 15.4 Å². The molecule has 0 aliphatic carbocycles. The Kier molecular flexibility index (Phi) is 2.44. The highest BCUT2D eigenvalue weighted by Gasteiger charge is 2.17. The van der Waals surface area contributed by atoms with E-state index in [1.807, 2.05) is 0 Å². The molecule has 0 bridgehead atoms. The van der Waals surface area contributed by atoms with Crippen LogP contribution >= 0.6 is 15.9 Å². The van der Waals surface area contributed by atoms with Crippen molar-refractivity contribution in [3.05, 3.63) is 28.1 Å². The van der Waals surface area contributed by atoms with E-state index >= 15 is 0 Å². The normalized spacial score (nSPS) is 10.6. The quantitative estimate of drug-likeness (QED) is 0.811. The number of H-pyrrole nitrogens is 1. The third-order valence-corrected chi connectivity index (χ3v) is 2.58. The fourth-order valence-electron chi connectivity index (χ4n) is 1.32. The maximum Gasteiger partial charge on any atom is 0.359 e. The van der Waals surface area contributed by atoms with Gasteiger partial charge >= 0.3 is 5.97 Å². The van der Waals surface area contributed by atoms with E-state index < -0.39 is 11.8 Å². The number of fused-ring (bicyclic) bond motifs is 1. The number of hydrogen-bond acceptors (Lipinski definition) is 3. The lowest BCUT2D eigenvalue weighted by Gasteiger charge is -1.97. The van der Waals surface area contributed by atoms with E-state index in [9.17, 15) is 9.18 Å². The molecular weight excluding hydrogens is 267 g/mol. The van der Waals surface area contributed by atoms with Crippen LogP contribution in [-0.4, -0.2) is 23.3 Å². The molecule has 0 saturated heterocycles. The summed E-state index contributed by atoms with van der Waals surface area (Å²) in [4.78, 5) is 11.3. The SMILES string of the molecule is COC(=O)c1n[nH]c2cc(F)cc(Br)c12. The number of hydrogen-bond donors (Lipinski definition) is 1. The molecule has 0 aliphatic heterocycles. The molecule has 0 atom stereocenters. The highest BCUT2D eigenvalue weighted by Crippen LogP contribution is 2.27. The van der Waals surface area contributed by atoms with Crippen LogP contribution in [0.1, 0.15) is 10.5 Å². The Morgan fingerprint density at radius 1 is 1.60 bits per heavy atom. The Balaban J connectivity index is 2.74. The molecular formula is C9H6BrFN2O2. The van der Waals surface area contributed by atoms with Gasteiger partial charge in [0.15, 0.2) is 5.69 Å². The molecule has 1 heterocycles. The minimum absolute atomic E-state index is 0.138. The van der Waals surface area contributed by atoms with Gasteiger partial charge in [-0.1, -0.05) is 0 Å². The van der Waals surface area contributed by atoms with Gasteiger partial charge in [0, 0.05) is 9.86 Å². The molecule has 4 nitrogen and oxygen atoms in total. The number of carbonyl (C=O) groups excluding carboxylic acids is 1. The van der Waals surface area contributed by atoms with Crippen molar-refractivity contribution < 1.29 is 13.9 Å². The molecule has 0 saturated carbocycles. The van der Waals surface area contributed by atoms with Crippen molar-refractivity contribution in [2.45, 2.75) is 0 Å². The molecule has 1 aromatic heterocycles. The number of halogens is 2. The molecule has 1 N–H and O–H groups in total. The minimum Gasteiger partial charge on any atom is -0.464 e. The number of esters is 1. The Labute approximate surface area is 92.5 Å². The lowest BCUT2D eigenvalue weighted by atomic mass is 10.2. The molecule has 2 aromatic rings. The van der Waals surface area contributed by atoms with Crippen LogP contribution in [0.5, 0.6) is 0 Å². The Morgan fingerprint density at radius 3 is 3.00 bits per heavy atom. The maximum atomic E-state index is 13.0. The van der Waals surface area contributed by atoms with E-state index in [4.69, 9.17) is 0 Å². The van der Waals surface area contributed by atoms with Crippen LogP contribution in [0, 0.1) is 5.82 Å². The van der Waals surface area contributed by atoms with Gasteiger partial charge in [0.2, 0.25) is 0 Å². The van der Waals surface area contributed by atoms with Crippen LogP contribution in [0.15, 0.2) is 16.6 Å². The zero-order valence-corrected chi connectivity index (χ0v) is 9.26. The number of aromatic nitrogens is 2. The third-order valence-electron chi connectivity index (χ3n) is 1.96. The summed E-state index contributed by atoms with van der Waals surface area (Å²) in [5.74, 6) is -0.969. The first-order valence-electron chi connectivity index (χ1n) is 4.05. The van der Waals surface area contributed by atoms with E-state index in [1.165, 1.54) is 19.2 Å². The largest absolute Gasteiger partial charge is 0.464 e. The zero-order chi connectivity index (χ0) is 11.0. The first-order valence-corrected chi connectivity index (χ1v) is 4.84. The summed E-state index contributed by atoms with van der Waals surface area (Å²) in [6.07, 6.45) is 0. The van der Waals surface area contributed by atoms with Crippen molar-refractivity contribution in [3.63, 3.8) is 0 Å². The Morgan fingerprint density at radius 2 is 2.33 bits per heavy atom. The van der Waals surface area contributed by atoms with Crippen LogP contribution in [0.25, 0.3) is 10.9 Å². The lowest BCUT2D eigenvalue weighted by Crippen LogP contribution is -2.02. The van der Waals surface area contributed by atoms with Crippen molar-refractivity contribution in [2.24, 2.45) is 0 Å². The maximum absolute atomic E-state index is 13.0. The summed E-state index contributed by atoms with van der Waals surface area (Å²) in [6.45, 7) is 0. The average molecular weight is 273 g/mol. The molecule has 15 heavy (non-hydrogen) atoms.